The molecule has 3 aromatic carbocycles. The summed E-state index contributed by atoms with van der Waals surface area (Å²) >= 11 is 0. The molecule has 1 saturated carbocycles. The fraction of sp³-hybridized carbons (Fsp3) is 0.310. The van der Waals surface area contributed by atoms with Crippen LogP contribution in [0.5, 0.6) is 17.2 Å². The molecule has 2 N–H and O–H groups in total. The van der Waals surface area contributed by atoms with Gasteiger partial charge < -0.3 is 24.6 Å². The fourth-order valence-electron chi connectivity index (χ4n) is 5.20. The predicted molar refractivity (Wildman–Crippen MR) is 134 cm³/mol. The van der Waals surface area contributed by atoms with Gasteiger partial charge in [0.05, 0.1) is 24.1 Å². The van der Waals surface area contributed by atoms with Gasteiger partial charge in [-0.15, -0.1) is 13.2 Å². The van der Waals surface area contributed by atoms with E-state index in [1.807, 2.05) is 6.07 Å². The number of halogens is 3. The number of ether oxygens (including phenoxy) is 3. The Hall–Kier alpha value is -4.21. The van der Waals surface area contributed by atoms with Crippen molar-refractivity contribution in [3.63, 3.8) is 0 Å². The van der Waals surface area contributed by atoms with Crippen LogP contribution >= 0.6 is 0 Å². The number of carbonyl (C=O) groups is 2. The lowest BCUT2D eigenvalue weighted by molar-refractivity contribution is -0.274. The maximum Gasteiger partial charge on any atom is 0.573 e. The number of amides is 1. The van der Waals surface area contributed by atoms with E-state index in [2.05, 4.69) is 10.1 Å². The van der Waals surface area contributed by atoms with Gasteiger partial charge in [0.1, 0.15) is 23.4 Å². The molecule has 204 valence electrons. The minimum Gasteiger partial charge on any atom is -0.497 e. The van der Waals surface area contributed by atoms with Crippen LogP contribution in [0, 0.1) is 0 Å². The molecule has 1 aliphatic heterocycles. The Balaban J connectivity index is 1.41. The number of hydrogen-bond acceptors (Lipinski definition) is 5. The summed E-state index contributed by atoms with van der Waals surface area (Å²) in [4.78, 5) is 25.0. The number of alkyl halides is 3. The van der Waals surface area contributed by atoms with Crippen molar-refractivity contribution in [2.45, 2.75) is 49.6 Å². The molecule has 1 aliphatic carbocycles. The maximum absolute atomic E-state index is 13.8. The Morgan fingerprint density at radius 3 is 2.23 bits per heavy atom. The van der Waals surface area contributed by atoms with Gasteiger partial charge in [-0.25, -0.2) is 4.79 Å². The normalized spacial score (nSPS) is 19.6. The van der Waals surface area contributed by atoms with Gasteiger partial charge in [-0.05, 0) is 60.4 Å². The lowest BCUT2D eigenvalue weighted by atomic mass is 9.63. The first-order valence-electron chi connectivity index (χ1n) is 12.4. The van der Waals surface area contributed by atoms with Crippen molar-refractivity contribution < 1.29 is 42.1 Å². The smallest absolute Gasteiger partial charge is 0.497 e. The molecule has 3 aromatic rings. The number of rotatable bonds is 7. The summed E-state index contributed by atoms with van der Waals surface area (Å²) in [5, 5.41) is 12.4. The van der Waals surface area contributed by atoms with Gasteiger partial charge in [0.2, 0.25) is 5.91 Å². The summed E-state index contributed by atoms with van der Waals surface area (Å²) in [6.07, 6.45) is -2.92. The zero-order valence-corrected chi connectivity index (χ0v) is 21.0. The Morgan fingerprint density at radius 2 is 1.67 bits per heavy atom. The molecular weight excluding hydrogens is 515 g/mol. The Morgan fingerprint density at radius 1 is 1.00 bits per heavy atom. The molecule has 2 aliphatic rings. The standard InChI is InChI=1S/C29H26F3NO6/c1-37-21-11-12-22-23(16-24(38-25(22)15-21)17-3-5-18(6-4-17)26(34)35)33-27(36)28(13-2-14-28)19-7-9-20(10-8-19)39-29(30,31)32/h3-12,15,23-24H,2,13-14,16H2,1H3,(H,33,36)(H,34,35)/t23-,24-/m1/s1. The summed E-state index contributed by atoms with van der Waals surface area (Å²) in [5.74, 6) is -0.473. The Bertz CT molecular complexity index is 1370. The van der Waals surface area contributed by atoms with Crippen molar-refractivity contribution >= 4 is 11.9 Å². The first kappa shape index (κ1) is 26.4. The minimum atomic E-state index is -4.79. The Kier molecular flexibility index (Phi) is 6.88. The van der Waals surface area contributed by atoms with Gasteiger partial charge in [-0.3, -0.25) is 4.79 Å². The van der Waals surface area contributed by atoms with E-state index < -0.39 is 29.9 Å². The molecule has 0 unspecified atom stereocenters. The second kappa shape index (κ2) is 10.2. The van der Waals surface area contributed by atoms with E-state index in [0.29, 0.717) is 36.3 Å². The fourth-order valence-corrected chi connectivity index (χ4v) is 5.20. The highest BCUT2D eigenvalue weighted by atomic mass is 19.4. The molecule has 10 heteroatoms. The van der Waals surface area contributed by atoms with E-state index in [9.17, 15) is 27.9 Å². The number of hydrogen-bond donors (Lipinski definition) is 2. The molecule has 2 atom stereocenters. The molecular formula is C29H26F3NO6. The lowest BCUT2D eigenvalue weighted by Gasteiger charge is -2.43. The first-order chi connectivity index (χ1) is 18.6. The van der Waals surface area contributed by atoms with E-state index in [-0.39, 0.29) is 17.2 Å². The summed E-state index contributed by atoms with van der Waals surface area (Å²) in [6, 6.07) is 16.8. The molecule has 39 heavy (non-hydrogen) atoms. The molecule has 0 spiro atoms. The van der Waals surface area contributed by atoms with Crippen LogP contribution in [0.4, 0.5) is 13.2 Å². The van der Waals surface area contributed by atoms with E-state index in [1.165, 1.54) is 43.5 Å². The van der Waals surface area contributed by atoms with Gasteiger partial charge in [-0.1, -0.05) is 30.7 Å². The van der Waals surface area contributed by atoms with Crippen LogP contribution in [0.3, 0.4) is 0 Å². The van der Waals surface area contributed by atoms with Gasteiger partial charge in [-0.2, -0.15) is 0 Å². The highest BCUT2D eigenvalue weighted by molar-refractivity contribution is 5.90. The van der Waals surface area contributed by atoms with Crippen LogP contribution in [0.25, 0.3) is 0 Å². The molecule has 0 saturated heterocycles. The van der Waals surface area contributed by atoms with Gasteiger partial charge >= 0.3 is 12.3 Å². The first-order valence-corrected chi connectivity index (χ1v) is 12.4. The SMILES string of the molecule is COc1ccc2c(c1)O[C@@H](c1ccc(C(=O)O)cc1)C[C@H]2NC(=O)C1(c2ccc(OC(F)(F)F)cc2)CCC1. The minimum absolute atomic E-state index is 0.153. The third kappa shape index (κ3) is 5.36. The third-order valence-corrected chi connectivity index (χ3v) is 7.43. The quantitative estimate of drug-likeness (QED) is 0.376. The molecule has 1 amide bonds. The molecule has 5 rings (SSSR count). The van der Waals surface area contributed by atoms with Crippen molar-refractivity contribution in [1.29, 1.82) is 0 Å². The monoisotopic (exact) mass is 541 g/mol. The Labute approximate surface area is 222 Å². The number of methoxy groups -OCH3 is 1. The highest BCUT2D eigenvalue weighted by Gasteiger charge is 2.47. The van der Waals surface area contributed by atoms with Gasteiger partial charge in [0.15, 0.2) is 0 Å². The van der Waals surface area contributed by atoms with Crippen molar-refractivity contribution in [3.05, 3.63) is 89.0 Å². The van der Waals surface area contributed by atoms with Crippen molar-refractivity contribution in [2.75, 3.05) is 7.11 Å². The number of carbonyl (C=O) groups excluding carboxylic acids is 1. The number of carboxylic acid groups (broad SMARTS) is 1. The molecule has 1 fully saturated rings. The van der Waals surface area contributed by atoms with Crippen LogP contribution in [-0.2, 0) is 10.2 Å². The highest BCUT2D eigenvalue weighted by Crippen LogP contribution is 2.47. The molecule has 0 aromatic heterocycles. The number of carboxylic acids is 1. The molecule has 0 bridgehead atoms. The van der Waals surface area contributed by atoms with E-state index >= 15 is 0 Å². The van der Waals surface area contributed by atoms with Crippen molar-refractivity contribution in [3.8, 4) is 17.2 Å². The molecule has 0 radical (unpaired) electrons. The van der Waals surface area contributed by atoms with E-state index in [4.69, 9.17) is 9.47 Å². The van der Waals surface area contributed by atoms with Crippen LogP contribution in [0.15, 0.2) is 66.7 Å². The predicted octanol–water partition coefficient (Wildman–Crippen LogP) is 6.10. The zero-order valence-electron chi connectivity index (χ0n) is 21.0. The summed E-state index contributed by atoms with van der Waals surface area (Å²) < 4.78 is 53.3. The largest absolute Gasteiger partial charge is 0.573 e. The molecule has 7 nitrogen and oxygen atoms in total. The van der Waals surface area contributed by atoms with Gasteiger partial charge in [0.25, 0.3) is 0 Å². The number of nitrogens with one attached hydrogen (secondary N) is 1. The summed E-state index contributed by atoms with van der Waals surface area (Å²) in [5.41, 5.74) is 1.45. The number of benzene rings is 3. The van der Waals surface area contributed by atoms with Crippen LogP contribution in [0.2, 0.25) is 0 Å². The van der Waals surface area contributed by atoms with Gasteiger partial charge in [0, 0.05) is 18.1 Å². The topological polar surface area (TPSA) is 94.1 Å². The second-order valence-electron chi connectivity index (χ2n) is 9.71. The average Bonchev–Trinajstić information content (AvgIpc) is 2.87. The number of fused-ring (bicyclic) bond motifs is 1. The molecule has 1 heterocycles. The summed E-state index contributed by atoms with van der Waals surface area (Å²) in [7, 11) is 1.54. The van der Waals surface area contributed by atoms with Crippen LogP contribution in [-0.4, -0.2) is 30.5 Å². The third-order valence-electron chi connectivity index (χ3n) is 7.43. The maximum atomic E-state index is 13.8. The van der Waals surface area contributed by atoms with Crippen LogP contribution in [0.1, 0.15) is 64.9 Å². The number of aromatic carboxylic acids is 1. The van der Waals surface area contributed by atoms with E-state index in [1.54, 1.807) is 24.3 Å². The van der Waals surface area contributed by atoms with Crippen molar-refractivity contribution in [1.82, 2.24) is 5.32 Å². The zero-order chi connectivity index (χ0) is 27.8. The second-order valence-corrected chi connectivity index (χ2v) is 9.71. The average molecular weight is 542 g/mol. The van der Waals surface area contributed by atoms with E-state index in [0.717, 1.165) is 17.5 Å². The van der Waals surface area contributed by atoms with Crippen molar-refractivity contribution in [2.24, 2.45) is 0 Å². The lowest BCUT2D eigenvalue weighted by Crippen LogP contribution is -2.50. The summed E-state index contributed by atoms with van der Waals surface area (Å²) in [6.45, 7) is 0. The van der Waals surface area contributed by atoms with Crippen LogP contribution < -0.4 is 19.5 Å².